The molecule has 2 atom stereocenters. The van der Waals surface area contributed by atoms with Gasteiger partial charge in [0.2, 0.25) is 0 Å². The molecule has 0 amide bonds. The molecule has 2 aliphatic rings. The Kier molecular flexibility index (Phi) is 5.87. The van der Waals surface area contributed by atoms with E-state index in [9.17, 15) is 0 Å². The van der Waals surface area contributed by atoms with Gasteiger partial charge < -0.3 is 0 Å². The molecule has 0 N–H and O–H groups in total. The molecule has 0 aromatic heterocycles. The number of hydrogen-bond acceptors (Lipinski definition) is 2. The van der Waals surface area contributed by atoms with Crippen molar-refractivity contribution in [3.63, 3.8) is 0 Å². The fourth-order valence-electron chi connectivity index (χ4n) is 6.32. The van der Waals surface area contributed by atoms with Gasteiger partial charge in [0, 0.05) is 0 Å². The van der Waals surface area contributed by atoms with Crippen molar-refractivity contribution in [1.82, 2.24) is 0 Å². The SMILES string of the molecule is COc1cccc(OC)c1C1=C[CH]([Zr]([CH3])([CH3])(=[SiH2])[C]2=C(C)C(C)=C(C)C2C)c2ccccc21. The van der Waals surface area contributed by atoms with Crippen molar-refractivity contribution in [3.05, 3.63) is 85.2 Å². The van der Waals surface area contributed by atoms with Crippen molar-refractivity contribution in [2.24, 2.45) is 5.92 Å². The monoisotopic (exact) mass is 522 g/mol. The molecule has 0 heterocycles. The molecule has 4 rings (SSSR count). The predicted octanol–water partition coefficient (Wildman–Crippen LogP) is 6.78. The van der Waals surface area contributed by atoms with E-state index in [2.05, 4.69) is 74.2 Å². The van der Waals surface area contributed by atoms with E-state index in [4.69, 9.17) is 9.47 Å². The number of allylic oxidation sites excluding steroid dienone is 5. The third-order valence-corrected chi connectivity index (χ3v) is 25.4. The Morgan fingerprint density at radius 1 is 0.844 bits per heavy atom. The quantitative estimate of drug-likeness (QED) is 0.402. The first kappa shape index (κ1) is 23.5. The van der Waals surface area contributed by atoms with Gasteiger partial charge in [0.05, 0.1) is 0 Å². The van der Waals surface area contributed by atoms with Gasteiger partial charge in [-0.1, -0.05) is 0 Å². The minimum absolute atomic E-state index is 0.446. The molecule has 168 valence electrons. The summed E-state index contributed by atoms with van der Waals surface area (Å²) in [4.78, 5) is 0. The summed E-state index contributed by atoms with van der Waals surface area (Å²) in [6, 6.07) is 15.0. The van der Waals surface area contributed by atoms with Gasteiger partial charge in [0.15, 0.2) is 0 Å². The van der Waals surface area contributed by atoms with Crippen molar-refractivity contribution < 1.29 is 26.9 Å². The molecule has 32 heavy (non-hydrogen) atoms. The van der Waals surface area contributed by atoms with Gasteiger partial charge in [0.1, 0.15) is 0 Å². The second-order valence-electron chi connectivity index (χ2n) is 10.6. The Bertz CT molecular complexity index is 1250. The first-order valence-electron chi connectivity index (χ1n) is 11.5. The van der Waals surface area contributed by atoms with E-state index >= 15 is 0 Å². The Morgan fingerprint density at radius 3 is 1.97 bits per heavy atom. The van der Waals surface area contributed by atoms with Crippen LogP contribution in [0.25, 0.3) is 5.57 Å². The molecule has 2 aromatic rings. The molecular weight excluding hydrogens is 488 g/mol. The van der Waals surface area contributed by atoms with Gasteiger partial charge >= 0.3 is 197 Å². The van der Waals surface area contributed by atoms with Crippen molar-refractivity contribution in [2.75, 3.05) is 14.2 Å². The average Bonchev–Trinajstić information content (AvgIpc) is 3.25. The van der Waals surface area contributed by atoms with E-state index in [0.29, 0.717) is 9.54 Å². The number of hydrogen-bond donors (Lipinski definition) is 0. The summed E-state index contributed by atoms with van der Waals surface area (Å²) in [5, 5.41) is 0. The van der Waals surface area contributed by atoms with Crippen molar-refractivity contribution in [3.8, 4) is 11.5 Å². The first-order chi connectivity index (χ1) is 15.0. The molecule has 4 heteroatoms. The summed E-state index contributed by atoms with van der Waals surface area (Å²) in [7, 11) is 3.49. The number of fused-ring (bicyclic) bond motifs is 1. The zero-order valence-corrected chi connectivity index (χ0v) is 24.7. The molecule has 2 aliphatic carbocycles. The Labute approximate surface area is 195 Å². The fourth-order valence-corrected chi connectivity index (χ4v) is 24.8. The Morgan fingerprint density at radius 2 is 1.44 bits per heavy atom. The van der Waals surface area contributed by atoms with Gasteiger partial charge in [-0.25, -0.2) is 0 Å². The number of benzene rings is 2. The van der Waals surface area contributed by atoms with Crippen molar-refractivity contribution in [1.29, 1.82) is 0 Å². The molecule has 0 spiro atoms. The van der Waals surface area contributed by atoms with Crippen molar-refractivity contribution >= 4 is 12.5 Å². The van der Waals surface area contributed by atoms with E-state index < -0.39 is 17.4 Å². The van der Waals surface area contributed by atoms with Gasteiger partial charge in [-0.05, 0) is 0 Å². The number of ether oxygens (including phenoxy) is 2. The minimum atomic E-state index is -3.45. The summed E-state index contributed by atoms with van der Waals surface area (Å²) in [6.07, 6.45) is 2.55. The predicted molar refractivity (Wildman–Crippen MR) is 136 cm³/mol. The zero-order valence-electron chi connectivity index (χ0n) is 20.8. The van der Waals surface area contributed by atoms with Crippen LogP contribution in [-0.2, 0) is 17.4 Å². The number of rotatable bonds is 5. The number of methoxy groups -OCH3 is 2. The van der Waals surface area contributed by atoms with Crippen LogP contribution in [0, 0.1) is 5.92 Å². The van der Waals surface area contributed by atoms with Crippen LogP contribution in [0.15, 0.2) is 68.5 Å². The van der Waals surface area contributed by atoms with Crippen LogP contribution in [0.2, 0.25) is 9.26 Å². The van der Waals surface area contributed by atoms with Gasteiger partial charge in [0.25, 0.3) is 0 Å². The van der Waals surface area contributed by atoms with E-state index in [1.807, 2.05) is 18.2 Å². The standard InChI is InChI=1S/C17H15O2.C9H13.2CH3.H2Si.Zr/c1-18-15-8-5-9-16(19-2)17(15)14-11-10-12-6-3-4-7-13(12)14;1-6-5-7(2)9(4)8(6)3;;;;/h3-11H,1-2H3;6H,1-4H3;2*1H3;1H2;. The molecular formula is C28H36O2SiZr. The van der Waals surface area contributed by atoms with E-state index in [1.165, 1.54) is 22.3 Å². The second kappa shape index (κ2) is 7.99. The van der Waals surface area contributed by atoms with E-state index in [1.54, 1.807) is 28.6 Å². The van der Waals surface area contributed by atoms with Gasteiger partial charge in [-0.2, -0.15) is 0 Å². The van der Waals surface area contributed by atoms with E-state index in [0.717, 1.165) is 17.1 Å². The molecule has 0 saturated carbocycles. The van der Waals surface area contributed by atoms with Crippen LogP contribution in [-0.4, -0.2) is 21.1 Å². The maximum absolute atomic E-state index is 5.81. The van der Waals surface area contributed by atoms with Gasteiger partial charge in [-0.3, -0.25) is 0 Å². The molecule has 0 saturated heterocycles. The molecule has 2 aromatic carbocycles. The van der Waals surface area contributed by atoms with E-state index in [-0.39, 0.29) is 0 Å². The van der Waals surface area contributed by atoms with Crippen LogP contribution >= 0.6 is 0 Å². The Balaban J connectivity index is 1.99. The summed E-state index contributed by atoms with van der Waals surface area (Å²) >= 11 is -3.45. The van der Waals surface area contributed by atoms with Crippen LogP contribution in [0.3, 0.4) is 0 Å². The molecule has 2 nitrogen and oxygen atoms in total. The fraction of sp³-hybridized carbons (Fsp3) is 0.357. The molecule has 2 unspecified atom stereocenters. The van der Waals surface area contributed by atoms with Crippen LogP contribution in [0.5, 0.6) is 11.5 Å². The van der Waals surface area contributed by atoms with Crippen LogP contribution < -0.4 is 9.47 Å². The van der Waals surface area contributed by atoms with Crippen LogP contribution in [0.4, 0.5) is 0 Å². The molecule has 0 bridgehead atoms. The van der Waals surface area contributed by atoms with Crippen LogP contribution in [0.1, 0.15) is 48.0 Å². The topological polar surface area (TPSA) is 18.5 Å². The maximum atomic E-state index is 5.81. The first-order valence-corrected chi connectivity index (χ1v) is 25.0. The molecule has 0 radical (unpaired) electrons. The molecule has 0 fully saturated rings. The molecule has 0 aliphatic heterocycles. The third-order valence-electron chi connectivity index (χ3n) is 8.14. The van der Waals surface area contributed by atoms with Crippen molar-refractivity contribution in [2.45, 2.75) is 40.6 Å². The summed E-state index contributed by atoms with van der Waals surface area (Å²) < 4.78 is 19.1. The third kappa shape index (κ3) is 3.37. The summed E-state index contributed by atoms with van der Waals surface area (Å²) in [6.45, 7) is 11.8. The summed E-state index contributed by atoms with van der Waals surface area (Å²) in [5.41, 5.74) is 9.71. The van der Waals surface area contributed by atoms with Gasteiger partial charge in [-0.15, -0.1) is 0 Å². The Hall–Kier alpha value is -1.64. The average molecular weight is 524 g/mol. The zero-order chi connectivity index (χ0) is 23.4. The normalized spacial score (nSPS) is 21.1. The summed E-state index contributed by atoms with van der Waals surface area (Å²) in [5.74, 6) is 2.27. The second-order valence-corrected chi connectivity index (χ2v) is 40.1.